The van der Waals surface area contributed by atoms with Gasteiger partial charge in [-0.15, -0.1) is 0 Å². The standard InChI is InChI=1S/C33H39N3O2/c1-38-33(37)24-14-15-27-29(20-24)36-19-9-18-35-22-25(21-34-16-6-3-7-17-34)26-12-8-13-28(31(26)35)32(36)30(27)23-10-4-2-5-11-23/h8,12-15,20,22-23H,2-7,9-11,16-19,21H2,1H3. The van der Waals surface area contributed by atoms with Crippen molar-refractivity contribution in [2.45, 2.75) is 83.3 Å². The Morgan fingerprint density at radius 3 is 2.53 bits per heavy atom. The molecule has 2 aromatic heterocycles. The molecule has 5 nitrogen and oxygen atoms in total. The molecule has 3 aliphatic rings. The number of likely N-dealkylation sites (tertiary alicyclic amines) is 1. The molecule has 0 spiro atoms. The van der Waals surface area contributed by atoms with Crippen LogP contribution in [0.15, 0.2) is 42.6 Å². The molecule has 198 valence electrons. The van der Waals surface area contributed by atoms with Crippen LogP contribution in [-0.2, 0) is 24.4 Å². The highest BCUT2D eigenvalue weighted by atomic mass is 16.5. The maximum absolute atomic E-state index is 12.5. The molecule has 5 heteroatoms. The number of benzene rings is 2. The highest BCUT2D eigenvalue weighted by Crippen LogP contribution is 2.47. The summed E-state index contributed by atoms with van der Waals surface area (Å²) in [4.78, 5) is 15.1. The van der Waals surface area contributed by atoms with Gasteiger partial charge in [-0.25, -0.2) is 4.79 Å². The van der Waals surface area contributed by atoms with Gasteiger partial charge in [0.25, 0.3) is 0 Å². The SMILES string of the molecule is COC(=O)c1ccc2c(C3CCCCC3)c3n(c2c1)CCCn1cc(CN2CCCCC2)c2cccc-3c21. The average molecular weight is 510 g/mol. The second-order valence-electron chi connectivity index (χ2n) is 11.7. The van der Waals surface area contributed by atoms with Crippen LogP contribution in [-0.4, -0.2) is 40.2 Å². The zero-order valence-corrected chi connectivity index (χ0v) is 22.7. The summed E-state index contributed by atoms with van der Waals surface area (Å²) in [5.74, 6) is 0.309. The van der Waals surface area contributed by atoms with E-state index in [4.69, 9.17) is 4.74 Å². The third kappa shape index (κ3) is 3.98. The maximum atomic E-state index is 12.5. The minimum atomic E-state index is -0.258. The summed E-state index contributed by atoms with van der Waals surface area (Å²) in [6, 6.07) is 13.2. The van der Waals surface area contributed by atoms with Crippen molar-refractivity contribution in [2.24, 2.45) is 0 Å². The summed E-state index contributed by atoms with van der Waals surface area (Å²) < 4.78 is 10.2. The Balaban J connectivity index is 1.46. The lowest BCUT2D eigenvalue weighted by atomic mass is 9.81. The molecule has 7 rings (SSSR count). The van der Waals surface area contributed by atoms with Crippen molar-refractivity contribution in [3.8, 4) is 11.3 Å². The lowest BCUT2D eigenvalue weighted by Crippen LogP contribution is -2.28. The number of rotatable bonds is 4. The first kappa shape index (κ1) is 24.0. The number of carbonyl (C=O) groups excluding carboxylic acids is 1. The Morgan fingerprint density at radius 2 is 1.71 bits per heavy atom. The fourth-order valence-corrected chi connectivity index (χ4v) is 7.63. The Morgan fingerprint density at radius 1 is 0.895 bits per heavy atom. The molecule has 1 saturated carbocycles. The highest BCUT2D eigenvalue weighted by molar-refractivity contribution is 6.03. The van der Waals surface area contributed by atoms with Crippen LogP contribution in [0.25, 0.3) is 33.1 Å². The van der Waals surface area contributed by atoms with Crippen molar-refractivity contribution in [3.05, 3.63) is 59.3 Å². The van der Waals surface area contributed by atoms with E-state index in [-0.39, 0.29) is 5.97 Å². The summed E-state index contributed by atoms with van der Waals surface area (Å²) in [5.41, 5.74) is 8.97. The molecule has 1 aliphatic carbocycles. The molecular formula is C33H39N3O2. The number of para-hydroxylation sites is 1. The highest BCUT2D eigenvalue weighted by Gasteiger charge is 2.29. The van der Waals surface area contributed by atoms with E-state index in [1.165, 1.54) is 116 Å². The quantitative estimate of drug-likeness (QED) is 0.268. The molecule has 0 bridgehead atoms. The van der Waals surface area contributed by atoms with E-state index in [0.717, 1.165) is 26.1 Å². The van der Waals surface area contributed by atoms with Gasteiger partial charge < -0.3 is 13.9 Å². The molecule has 4 aromatic rings. The Labute approximate surface area is 225 Å². The Hall–Kier alpha value is -3.05. The van der Waals surface area contributed by atoms with Crippen molar-refractivity contribution in [3.63, 3.8) is 0 Å². The second kappa shape index (κ2) is 9.92. The number of hydrogen-bond acceptors (Lipinski definition) is 3. The van der Waals surface area contributed by atoms with Crippen LogP contribution in [0.2, 0.25) is 0 Å². The van der Waals surface area contributed by atoms with E-state index in [0.29, 0.717) is 11.5 Å². The van der Waals surface area contributed by atoms with Crippen molar-refractivity contribution < 1.29 is 9.53 Å². The largest absolute Gasteiger partial charge is 0.465 e. The third-order valence-corrected chi connectivity index (χ3v) is 9.40. The number of methoxy groups -OCH3 is 1. The van der Waals surface area contributed by atoms with Gasteiger partial charge in [0.15, 0.2) is 0 Å². The van der Waals surface area contributed by atoms with E-state index >= 15 is 0 Å². The van der Waals surface area contributed by atoms with Gasteiger partial charge in [0.2, 0.25) is 0 Å². The monoisotopic (exact) mass is 509 g/mol. The van der Waals surface area contributed by atoms with Gasteiger partial charge in [0.1, 0.15) is 0 Å². The minimum Gasteiger partial charge on any atom is -0.465 e. The first-order valence-electron chi connectivity index (χ1n) is 14.8. The molecule has 2 fully saturated rings. The molecule has 38 heavy (non-hydrogen) atoms. The summed E-state index contributed by atoms with van der Waals surface area (Å²) in [5, 5.41) is 2.74. The van der Waals surface area contributed by atoms with Gasteiger partial charge >= 0.3 is 5.97 Å². The fraction of sp³-hybridized carbons (Fsp3) is 0.485. The fourth-order valence-electron chi connectivity index (χ4n) is 7.63. The lowest BCUT2D eigenvalue weighted by Gasteiger charge is -2.26. The number of hydrogen-bond donors (Lipinski definition) is 0. The van der Waals surface area contributed by atoms with Crippen LogP contribution < -0.4 is 0 Å². The summed E-state index contributed by atoms with van der Waals surface area (Å²) in [6.07, 6.45) is 14.0. The van der Waals surface area contributed by atoms with E-state index in [2.05, 4.69) is 50.6 Å². The van der Waals surface area contributed by atoms with Gasteiger partial charge in [-0.3, -0.25) is 4.90 Å². The van der Waals surface area contributed by atoms with Gasteiger partial charge in [-0.1, -0.05) is 49.9 Å². The van der Waals surface area contributed by atoms with Crippen molar-refractivity contribution in [2.75, 3.05) is 20.2 Å². The molecule has 4 heterocycles. The zero-order chi connectivity index (χ0) is 25.6. The molecular weight excluding hydrogens is 470 g/mol. The summed E-state index contributed by atoms with van der Waals surface area (Å²) in [7, 11) is 1.47. The smallest absolute Gasteiger partial charge is 0.337 e. The molecule has 0 amide bonds. The molecule has 1 saturated heterocycles. The van der Waals surface area contributed by atoms with Gasteiger partial charge in [0, 0.05) is 47.7 Å². The Kier molecular flexibility index (Phi) is 6.27. The van der Waals surface area contributed by atoms with Crippen LogP contribution >= 0.6 is 0 Å². The number of carbonyl (C=O) groups is 1. The normalized spacial score (nSPS) is 18.9. The third-order valence-electron chi connectivity index (χ3n) is 9.40. The zero-order valence-electron chi connectivity index (χ0n) is 22.7. The van der Waals surface area contributed by atoms with Gasteiger partial charge in [0.05, 0.1) is 23.9 Å². The minimum absolute atomic E-state index is 0.258. The van der Waals surface area contributed by atoms with Gasteiger partial charge in [-0.2, -0.15) is 0 Å². The van der Waals surface area contributed by atoms with E-state index < -0.39 is 0 Å². The number of piperidine rings is 1. The predicted octanol–water partition coefficient (Wildman–Crippen LogP) is 7.49. The number of aromatic nitrogens is 2. The van der Waals surface area contributed by atoms with E-state index in [9.17, 15) is 4.79 Å². The van der Waals surface area contributed by atoms with Crippen LogP contribution in [0.5, 0.6) is 0 Å². The molecule has 0 unspecified atom stereocenters. The molecule has 2 aromatic carbocycles. The van der Waals surface area contributed by atoms with Crippen LogP contribution in [0.4, 0.5) is 0 Å². The van der Waals surface area contributed by atoms with Crippen molar-refractivity contribution in [1.82, 2.24) is 14.0 Å². The molecule has 2 aliphatic heterocycles. The number of fused-ring (bicyclic) bond motifs is 4. The number of esters is 1. The Bertz CT molecular complexity index is 1500. The lowest BCUT2D eigenvalue weighted by molar-refractivity contribution is 0.0601. The second-order valence-corrected chi connectivity index (χ2v) is 11.7. The van der Waals surface area contributed by atoms with Crippen molar-refractivity contribution in [1.29, 1.82) is 0 Å². The topological polar surface area (TPSA) is 39.4 Å². The predicted molar refractivity (Wildman–Crippen MR) is 154 cm³/mol. The molecule has 0 atom stereocenters. The van der Waals surface area contributed by atoms with Crippen LogP contribution in [0, 0.1) is 0 Å². The molecule has 0 radical (unpaired) electrons. The first-order chi connectivity index (χ1) is 18.7. The number of ether oxygens (including phenoxy) is 1. The molecule has 0 N–H and O–H groups in total. The number of nitrogens with zero attached hydrogens (tertiary/aromatic N) is 3. The summed E-state index contributed by atoms with van der Waals surface area (Å²) >= 11 is 0. The van der Waals surface area contributed by atoms with Crippen LogP contribution in [0.3, 0.4) is 0 Å². The average Bonchev–Trinajstić information content (AvgIpc) is 3.47. The number of aryl methyl sites for hydroxylation is 2. The van der Waals surface area contributed by atoms with Gasteiger partial charge in [-0.05, 0) is 74.4 Å². The van der Waals surface area contributed by atoms with Crippen LogP contribution in [0.1, 0.15) is 85.2 Å². The maximum Gasteiger partial charge on any atom is 0.337 e. The van der Waals surface area contributed by atoms with E-state index in [1.807, 2.05) is 6.07 Å². The van der Waals surface area contributed by atoms with E-state index in [1.54, 1.807) is 0 Å². The summed E-state index contributed by atoms with van der Waals surface area (Å²) in [6.45, 7) is 5.46. The first-order valence-corrected chi connectivity index (χ1v) is 14.8. The van der Waals surface area contributed by atoms with Crippen molar-refractivity contribution >= 4 is 27.8 Å².